The molecule has 1 spiro atoms. The molecule has 0 amide bonds. The van der Waals surface area contributed by atoms with Crippen molar-refractivity contribution in [3.8, 4) is 0 Å². The predicted molar refractivity (Wildman–Crippen MR) is 63.7 cm³/mol. The van der Waals surface area contributed by atoms with E-state index in [1.54, 1.807) is 0 Å². The maximum Gasteiger partial charge on any atom is 0.00683 e. The van der Waals surface area contributed by atoms with E-state index >= 15 is 0 Å². The van der Waals surface area contributed by atoms with Crippen LogP contribution in [0.5, 0.6) is 0 Å². The van der Waals surface area contributed by atoms with Crippen LogP contribution in [0.2, 0.25) is 0 Å². The van der Waals surface area contributed by atoms with Crippen LogP contribution in [0.25, 0.3) is 0 Å². The first-order valence-corrected chi connectivity index (χ1v) is 6.94. The van der Waals surface area contributed by atoms with Crippen LogP contribution in [0.3, 0.4) is 0 Å². The molecule has 3 rings (SSSR count). The lowest BCUT2D eigenvalue weighted by molar-refractivity contribution is 0.165. The van der Waals surface area contributed by atoms with E-state index in [0.717, 1.165) is 29.2 Å². The molecule has 4 unspecified atom stereocenters. The molecular formula is C14H25N. The minimum atomic E-state index is 0.786. The molecule has 0 aromatic rings. The van der Waals surface area contributed by atoms with E-state index in [0.29, 0.717) is 0 Å². The topological polar surface area (TPSA) is 12.0 Å². The first-order chi connectivity index (χ1) is 7.21. The second kappa shape index (κ2) is 3.48. The number of rotatable bonds is 3. The summed E-state index contributed by atoms with van der Waals surface area (Å²) in [5, 5.41) is 3.72. The van der Waals surface area contributed by atoms with Crippen molar-refractivity contribution in [2.45, 2.75) is 58.4 Å². The van der Waals surface area contributed by atoms with E-state index in [9.17, 15) is 0 Å². The average molecular weight is 207 g/mol. The monoisotopic (exact) mass is 207 g/mol. The Morgan fingerprint density at radius 1 is 1.20 bits per heavy atom. The van der Waals surface area contributed by atoms with Gasteiger partial charge in [0, 0.05) is 6.04 Å². The quantitative estimate of drug-likeness (QED) is 0.749. The fourth-order valence-corrected chi connectivity index (χ4v) is 3.90. The highest BCUT2D eigenvalue weighted by molar-refractivity contribution is 5.08. The Morgan fingerprint density at radius 2 is 2.00 bits per heavy atom. The Kier molecular flexibility index (Phi) is 2.35. The van der Waals surface area contributed by atoms with Gasteiger partial charge in [0.2, 0.25) is 0 Å². The largest absolute Gasteiger partial charge is 0.314 e. The number of hydrogen-bond acceptors (Lipinski definition) is 1. The van der Waals surface area contributed by atoms with E-state index in [1.165, 1.54) is 45.1 Å². The maximum absolute atomic E-state index is 3.72. The average Bonchev–Trinajstić information content (AvgIpc) is 3.07. The zero-order chi connectivity index (χ0) is 10.5. The van der Waals surface area contributed by atoms with Crippen molar-refractivity contribution < 1.29 is 0 Å². The van der Waals surface area contributed by atoms with Crippen LogP contribution in [0, 0.1) is 23.2 Å². The first kappa shape index (κ1) is 10.1. The van der Waals surface area contributed by atoms with Gasteiger partial charge in [-0.25, -0.2) is 0 Å². The highest BCUT2D eigenvalue weighted by Gasteiger charge is 2.57. The van der Waals surface area contributed by atoms with Gasteiger partial charge < -0.3 is 5.32 Å². The van der Waals surface area contributed by atoms with Crippen molar-refractivity contribution in [3.05, 3.63) is 0 Å². The Bertz CT molecular complexity index is 246. The molecule has 3 fully saturated rings. The van der Waals surface area contributed by atoms with E-state index in [4.69, 9.17) is 0 Å². The third-order valence-corrected chi connectivity index (χ3v) is 5.35. The zero-order valence-corrected chi connectivity index (χ0v) is 10.3. The van der Waals surface area contributed by atoms with Gasteiger partial charge >= 0.3 is 0 Å². The Balaban J connectivity index is 1.52. The highest BCUT2D eigenvalue weighted by atomic mass is 15.0. The molecule has 0 aliphatic heterocycles. The molecule has 0 aromatic carbocycles. The second-order valence-corrected chi connectivity index (χ2v) is 6.60. The molecule has 1 nitrogen and oxygen atoms in total. The molecule has 3 aliphatic rings. The van der Waals surface area contributed by atoms with Crippen LogP contribution in [-0.2, 0) is 0 Å². The molecule has 86 valence electrons. The van der Waals surface area contributed by atoms with Crippen LogP contribution in [0.1, 0.15) is 52.4 Å². The SMILES string of the molecule is CC1CCC2(CC2CNC2CC2)C(C)C1. The fourth-order valence-electron chi connectivity index (χ4n) is 3.90. The van der Waals surface area contributed by atoms with Gasteiger partial charge in [-0.1, -0.05) is 20.3 Å². The van der Waals surface area contributed by atoms with Crippen molar-refractivity contribution in [1.29, 1.82) is 0 Å². The zero-order valence-electron chi connectivity index (χ0n) is 10.3. The highest BCUT2D eigenvalue weighted by Crippen LogP contribution is 2.64. The van der Waals surface area contributed by atoms with Crippen molar-refractivity contribution >= 4 is 0 Å². The summed E-state index contributed by atoms with van der Waals surface area (Å²) in [7, 11) is 0. The normalized spacial score (nSPS) is 49.6. The van der Waals surface area contributed by atoms with Gasteiger partial charge in [-0.3, -0.25) is 0 Å². The van der Waals surface area contributed by atoms with Gasteiger partial charge in [-0.05, 0) is 61.8 Å². The van der Waals surface area contributed by atoms with Gasteiger partial charge in [0.05, 0.1) is 0 Å². The molecule has 0 aromatic heterocycles. The van der Waals surface area contributed by atoms with Crippen LogP contribution in [0.4, 0.5) is 0 Å². The fraction of sp³-hybridized carbons (Fsp3) is 1.00. The minimum absolute atomic E-state index is 0.786. The van der Waals surface area contributed by atoms with Crippen molar-refractivity contribution in [3.63, 3.8) is 0 Å². The van der Waals surface area contributed by atoms with Crippen molar-refractivity contribution in [2.75, 3.05) is 6.54 Å². The van der Waals surface area contributed by atoms with Crippen LogP contribution >= 0.6 is 0 Å². The molecule has 0 heterocycles. The van der Waals surface area contributed by atoms with E-state index < -0.39 is 0 Å². The van der Waals surface area contributed by atoms with Crippen LogP contribution < -0.4 is 5.32 Å². The standard InChI is InChI=1S/C14H25N/c1-10-5-6-14(11(2)7-10)8-12(14)9-15-13-3-4-13/h10-13,15H,3-9H2,1-2H3. The van der Waals surface area contributed by atoms with Gasteiger partial charge in [-0.15, -0.1) is 0 Å². The van der Waals surface area contributed by atoms with Gasteiger partial charge in [0.15, 0.2) is 0 Å². The summed E-state index contributed by atoms with van der Waals surface area (Å²) in [6, 6.07) is 0.903. The molecule has 0 bridgehead atoms. The van der Waals surface area contributed by atoms with E-state index in [2.05, 4.69) is 19.2 Å². The molecule has 1 heteroatoms. The van der Waals surface area contributed by atoms with Crippen LogP contribution in [-0.4, -0.2) is 12.6 Å². The van der Waals surface area contributed by atoms with Crippen LogP contribution in [0.15, 0.2) is 0 Å². The molecule has 3 saturated carbocycles. The smallest absolute Gasteiger partial charge is 0.00683 e. The Hall–Kier alpha value is -0.0400. The second-order valence-electron chi connectivity index (χ2n) is 6.60. The summed E-state index contributed by atoms with van der Waals surface area (Å²) in [5.41, 5.74) is 0.786. The maximum atomic E-state index is 3.72. The number of hydrogen-bond donors (Lipinski definition) is 1. The lowest BCUT2D eigenvalue weighted by Crippen LogP contribution is -2.28. The molecule has 1 N–H and O–H groups in total. The summed E-state index contributed by atoms with van der Waals surface area (Å²) in [6.07, 6.45) is 8.90. The number of nitrogens with one attached hydrogen (secondary N) is 1. The summed E-state index contributed by atoms with van der Waals surface area (Å²) in [5.74, 6) is 3.01. The summed E-state index contributed by atoms with van der Waals surface area (Å²) in [6.45, 7) is 6.26. The molecule has 4 atom stereocenters. The summed E-state index contributed by atoms with van der Waals surface area (Å²) >= 11 is 0. The van der Waals surface area contributed by atoms with E-state index in [-0.39, 0.29) is 0 Å². The van der Waals surface area contributed by atoms with Gasteiger partial charge in [0.1, 0.15) is 0 Å². The Morgan fingerprint density at radius 3 is 2.67 bits per heavy atom. The third-order valence-electron chi connectivity index (χ3n) is 5.35. The molecule has 3 aliphatic carbocycles. The molecule has 15 heavy (non-hydrogen) atoms. The van der Waals surface area contributed by atoms with Gasteiger partial charge in [-0.2, -0.15) is 0 Å². The predicted octanol–water partition coefficient (Wildman–Crippen LogP) is 3.20. The summed E-state index contributed by atoms with van der Waals surface area (Å²) in [4.78, 5) is 0. The molecule has 0 saturated heterocycles. The molecule has 0 radical (unpaired) electrons. The van der Waals surface area contributed by atoms with E-state index in [1.807, 2.05) is 0 Å². The first-order valence-electron chi connectivity index (χ1n) is 6.94. The van der Waals surface area contributed by atoms with Crippen molar-refractivity contribution in [1.82, 2.24) is 5.32 Å². The minimum Gasteiger partial charge on any atom is -0.314 e. The molecular weight excluding hydrogens is 182 g/mol. The van der Waals surface area contributed by atoms with Gasteiger partial charge in [0.25, 0.3) is 0 Å². The van der Waals surface area contributed by atoms with Crippen molar-refractivity contribution in [2.24, 2.45) is 23.2 Å². The lowest BCUT2D eigenvalue weighted by atomic mass is 9.72. The lowest BCUT2D eigenvalue weighted by Gasteiger charge is -2.34. The summed E-state index contributed by atoms with van der Waals surface area (Å²) < 4.78 is 0. The Labute approximate surface area is 94.0 Å². The third kappa shape index (κ3) is 1.84.